The number of rotatable bonds is 5. The van der Waals surface area contributed by atoms with E-state index in [1.165, 1.54) is 0 Å². The molecule has 0 unspecified atom stereocenters. The number of allylic oxidation sites excluding steroid dienone is 4. The molecule has 0 aliphatic carbocycles. The summed E-state index contributed by atoms with van der Waals surface area (Å²) in [7, 11) is 0. The third-order valence-electron chi connectivity index (χ3n) is 8.76. The normalized spacial score (nSPS) is 12.2. The molecule has 0 radical (unpaired) electrons. The molecule has 0 aliphatic rings. The predicted octanol–water partition coefficient (Wildman–Crippen LogP) is 10.6. The van der Waals surface area contributed by atoms with Gasteiger partial charge < -0.3 is 4.42 Å². The fourth-order valence-electron chi connectivity index (χ4n) is 6.81. The monoisotopic (exact) mass is 590 g/mol. The molecule has 9 rings (SSSR count). The lowest BCUT2D eigenvalue weighted by Gasteiger charge is -2.13. The van der Waals surface area contributed by atoms with E-state index in [0.717, 1.165) is 88.1 Å². The van der Waals surface area contributed by atoms with Crippen molar-refractivity contribution in [3.05, 3.63) is 153 Å². The summed E-state index contributed by atoms with van der Waals surface area (Å²) in [5, 5.41) is 7.64. The fourth-order valence-corrected chi connectivity index (χ4v) is 6.81. The minimum absolute atomic E-state index is 0.600. The van der Waals surface area contributed by atoms with Crippen LogP contribution >= 0.6 is 0 Å². The fraction of sp³-hybridized carbons (Fsp3) is 0. The van der Waals surface area contributed by atoms with Crippen LogP contribution in [0.3, 0.4) is 0 Å². The average molecular weight is 591 g/mol. The summed E-state index contributed by atoms with van der Waals surface area (Å²) >= 11 is 0. The quantitative estimate of drug-likeness (QED) is 0.187. The number of benzene rings is 5. The van der Waals surface area contributed by atoms with Crippen molar-refractivity contribution in [2.75, 3.05) is 0 Å². The van der Waals surface area contributed by atoms with Crippen LogP contribution in [0, 0.1) is 0 Å². The number of nitrogens with zero attached hydrogens (tertiary/aromatic N) is 4. The summed E-state index contributed by atoms with van der Waals surface area (Å²) in [6.45, 7) is 7.86. The van der Waals surface area contributed by atoms with Gasteiger partial charge in [0.05, 0.1) is 16.7 Å². The highest BCUT2D eigenvalue weighted by Gasteiger charge is 2.24. The van der Waals surface area contributed by atoms with Crippen molar-refractivity contribution in [1.82, 2.24) is 19.5 Å². The Morgan fingerprint density at radius 3 is 2.24 bits per heavy atom. The molecule has 0 fully saturated rings. The third-order valence-corrected chi connectivity index (χ3v) is 8.76. The zero-order valence-electron chi connectivity index (χ0n) is 24.8. The van der Waals surface area contributed by atoms with E-state index in [9.17, 15) is 0 Å². The lowest BCUT2D eigenvalue weighted by molar-refractivity contribution is 0.671. The van der Waals surface area contributed by atoms with Gasteiger partial charge in [-0.15, -0.1) is 0 Å². The average Bonchev–Trinajstić information content (AvgIpc) is 3.67. The highest BCUT2D eigenvalue weighted by molar-refractivity contribution is 6.34. The van der Waals surface area contributed by atoms with Crippen molar-refractivity contribution in [2.24, 2.45) is 0 Å². The molecule has 0 bridgehead atoms. The molecule has 0 saturated carbocycles. The van der Waals surface area contributed by atoms with Crippen LogP contribution in [0.1, 0.15) is 5.82 Å². The Hall–Kier alpha value is -6.33. The molecule has 9 aromatic rings. The molecular formula is C41H26N4O. The van der Waals surface area contributed by atoms with Crippen molar-refractivity contribution in [3.8, 4) is 16.9 Å². The van der Waals surface area contributed by atoms with Gasteiger partial charge in [-0.1, -0.05) is 104 Å². The molecule has 0 amide bonds. The topological polar surface area (TPSA) is 56.7 Å². The maximum atomic E-state index is 6.73. The van der Waals surface area contributed by atoms with Crippen LogP contribution < -0.4 is 0 Å². The lowest BCUT2D eigenvalue weighted by Crippen LogP contribution is -2.00. The van der Waals surface area contributed by atoms with E-state index in [1.54, 1.807) is 12.2 Å². The van der Waals surface area contributed by atoms with Crippen LogP contribution in [0.25, 0.3) is 88.1 Å². The Labute approximate surface area is 264 Å². The van der Waals surface area contributed by atoms with Gasteiger partial charge >= 0.3 is 0 Å². The van der Waals surface area contributed by atoms with Crippen LogP contribution in [0.2, 0.25) is 0 Å². The highest BCUT2D eigenvalue weighted by Crippen LogP contribution is 2.45. The minimum Gasteiger partial charge on any atom is -0.454 e. The van der Waals surface area contributed by atoms with Crippen molar-refractivity contribution < 1.29 is 4.42 Å². The minimum atomic E-state index is 0.600. The van der Waals surface area contributed by atoms with E-state index < -0.39 is 0 Å². The van der Waals surface area contributed by atoms with Gasteiger partial charge in [0.15, 0.2) is 11.4 Å². The second kappa shape index (κ2) is 10.1. The summed E-state index contributed by atoms with van der Waals surface area (Å²) < 4.78 is 8.96. The van der Waals surface area contributed by atoms with Gasteiger partial charge in [0.2, 0.25) is 0 Å². The summed E-state index contributed by atoms with van der Waals surface area (Å²) in [6, 6.07) is 37.6. The second-order valence-electron chi connectivity index (χ2n) is 11.3. The van der Waals surface area contributed by atoms with Gasteiger partial charge in [-0.25, -0.2) is 15.0 Å². The largest absolute Gasteiger partial charge is 0.454 e. The zero-order valence-corrected chi connectivity index (χ0v) is 24.8. The summed E-state index contributed by atoms with van der Waals surface area (Å²) in [6.07, 6.45) is 7.22. The smallest absolute Gasteiger partial charge is 0.160 e. The van der Waals surface area contributed by atoms with E-state index in [-0.39, 0.29) is 0 Å². The summed E-state index contributed by atoms with van der Waals surface area (Å²) in [5.74, 6) is 0.600. The maximum absolute atomic E-state index is 6.73. The molecule has 5 nitrogen and oxygen atoms in total. The highest BCUT2D eigenvalue weighted by atomic mass is 16.3. The first-order valence-corrected chi connectivity index (χ1v) is 15.2. The van der Waals surface area contributed by atoms with Gasteiger partial charge in [-0.05, 0) is 47.2 Å². The van der Waals surface area contributed by atoms with Crippen molar-refractivity contribution in [1.29, 1.82) is 0 Å². The first-order chi connectivity index (χ1) is 22.7. The first-order valence-electron chi connectivity index (χ1n) is 15.2. The van der Waals surface area contributed by atoms with Gasteiger partial charge in [0, 0.05) is 50.0 Å². The number of para-hydroxylation sites is 1. The molecule has 0 saturated heterocycles. The molecule has 4 aromatic heterocycles. The SMILES string of the molecule is C=C/C=C(\C=C)c1nc(-c2ccccc2)c2cc(-n3c4ncccc4c4c5ccccc5c5c6ccccc6oc5c43)ccc2n1. The Balaban J connectivity index is 1.44. The standard InChI is InChI=1S/C41H26N4O/c1-3-13-25(4-2)40-43-33-22-21-27(24-32(33)37(44-40)26-14-6-5-7-15-26)45-38-35(31-19-12-23-42-41(31)45)28-16-8-9-17-29(28)36-30-18-10-11-20-34(30)46-39(36)38/h3-24H,1-2H2/b25-13+. The van der Waals surface area contributed by atoms with E-state index in [2.05, 4.69) is 90.5 Å². The third kappa shape index (κ3) is 3.72. The van der Waals surface area contributed by atoms with Crippen LogP contribution in [-0.4, -0.2) is 19.5 Å². The van der Waals surface area contributed by atoms with Crippen molar-refractivity contribution in [2.45, 2.75) is 0 Å². The van der Waals surface area contributed by atoms with Gasteiger partial charge in [0.25, 0.3) is 0 Å². The molecule has 0 N–H and O–H groups in total. The Morgan fingerprint density at radius 1 is 0.696 bits per heavy atom. The molecule has 0 spiro atoms. The van der Waals surface area contributed by atoms with E-state index in [4.69, 9.17) is 19.4 Å². The van der Waals surface area contributed by atoms with Gasteiger partial charge in [-0.3, -0.25) is 4.57 Å². The van der Waals surface area contributed by atoms with E-state index in [0.29, 0.717) is 5.82 Å². The number of pyridine rings is 1. The molecule has 4 heterocycles. The van der Waals surface area contributed by atoms with E-state index in [1.807, 2.05) is 48.7 Å². The molecule has 0 aliphatic heterocycles. The predicted molar refractivity (Wildman–Crippen MR) is 190 cm³/mol. The Morgan fingerprint density at radius 2 is 1.43 bits per heavy atom. The first kappa shape index (κ1) is 26.1. The van der Waals surface area contributed by atoms with Crippen LogP contribution in [0.5, 0.6) is 0 Å². The molecule has 5 aromatic carbocycles. The van der Waals surface area contributed by atoms with Gasteiger partial charge in [0.1, 0.15) is 11.2 Å². The summed E-state index contributed by atoms with van der Waals surface area (Å²) in [4.78, 5) is 15.0. The number of fused-ring (bicyclic) bond motifs is 11. The molecule has 0 atom stereocenters. The van der Waals surface area contributed by atoms with Crippen LogP contribution in [0.4, 0.5) is 0 Å². The van der Waals surface area contributed by atoms with Crippen LogP contribution in [-0.2, 0) is 0 Å². The molecule has 216 valence electrons. The maximum Gasteiger partial charge on any atom is 0.160 e. The van der Waals surface area contributed by atoms with Crippen LogP contribution in [0.15, 0.2) is 151 Å². The number of hydrogen-bond acceptors (Lipinski definition) is 4. The lowest BCUT2D eigenvalue weighted by atomic mass is 9.99. The van der Waals surface area contributed by atoms with Crippen molar-refractivity contribution in [3.63, 3.8) is 0 Å². The second-order valence-corrected chi connectivity index (χ2v) is 11.3. The molecule has 46 heavy (non-hydrogen) atoms. The number of hydrogen-bond donors (Lipinski definition) is 0. The van der Waals surface area contributed by atoms with Crippen molar-refractivity contribution >= 4 is 71.1 Å². The Bertz CT molecular complexity index is 2730. The number of furan rings is 1. The van der Waals surface area contributed by atoms with Gasteiger partial charge in [-0.2, -0.15) is 0 Å². The molecular weight excluding hydrogens is 564 g/mol. The van der Waals surface area contributed by atoms with E-state index >= 15 is 0 Å². The molecule has 5 heteroatoms. The number of aromatic nitrogens is 4. The summed E-state index contributed by atoms with van der Waals surface area (Å²) in [5.41, 5.74) is 7.97. The zero-order chi connectivity index (χ0) is 30.8. The Kier molecular flexibility index (Phi) is 5.74.